The lowest BCUT2D eigenvalue weighted by Crippen LogP contribution is -2.42. The van der Waals surface area contributed by atoms with Crippen LogP contribution in [0, 0.1) is 5.82 Å². The number of carbonyl (C=O) groups excluding carboxylic acids is 1. The van der Waals surface area contributed by atoms with Gasteiger partial charge in [-0.25, -0.2) is 14.0 Å². The highest BCUT2D eigenvalue weighted by Gasteiger charge is 2.21. The average molecular weight is 331 g/mol. The van der Waals surface area contributed by atoms with Crippen LogP contribution in [0.4, 0.5) is 4.39 Å². The largest absolute Gasteiger partial charge is 0.480 e. The fourth-order valence-electron chi connectivity index (χ4n) is 2.06. The normalized spacial score (nSPS) is 11.5. The van der Waals surface area contributed by atoms with Gasteiger partial charge in [-0.05, 0) is 42.0 Å². The second-order valence-corrected chi connectivity index (χ2v) is 5.08. The summed E-state index contributed by atoms with van der Waals surface area (Å²) in [5.41, 5.74) is 0.789. The van der Waals surface area contributed by atoms with E-state index in [4.69, 9.17) is 5.11 Å². The van der Waals surface area contributed by atoms with Gasteiger partial charge in [0.15, 0.2) is 0 Å². The number of amides is 1. The molecule has 3 N–H and O–H groups in total. The van der Waals surface area contributed by atoms with Crippen molar-refractivity contribution in [3.63, 3.8) is 0 Å². The van der Waals surface area contributed by atoms with Gasteiger partial charge < -0.3 is 15.5 Å². The van der Waals surface area contributed by atoms with Crippen molar-refractivity contribution < 1.29 is 29.0 Å². The van der Waals surface area contributed by atoms with Crippen LogP contribution in [0.1, 0.15) is 26.3 Å². The maximum Gasteiger partial charge on any atom is 0.335 e. The zero-order chi connectivity index (χ0) is 17.7. The molecule has 0 heterocycles. The Bertz CT molecular complexity index is 756. The van der Waals surface area contributed by atoms with E-state index in [0.29, 0.717) is 5.56 Å². The van der Waals surface area contributed by atoms with Crippen molar-refractivity contribution in [1.82, 2.24) is 5.32 Å². The quantitative estimate of drug-likeness (QED) is 0.750. The van der Waals surface area contributed by atoms with Crippen LogP contribution >= 0.6 is 0 Å². The number of carboxylic acids is 2. The van der Waals surface area contributed by atoms with Crippen molar-refractivity contribution >= 4 is 17.8 Å². The van der Waals surface area contributed by atoms with Gasteiger partial charge in [-0.2, -0.15) is 0 Å². The number of aliphatic carboxylic acids is 1. The lowest BCUT2D eigenvalue weighted by Gasteiger charge is -2.15. The molecule has 0 unspecified atom stereocenters. The molecule has 2 aromatic carbocycles. The zero-order valence-corrected chi connectivity index (χ0v) is 12.4. The van der Waals surface area contributed by atoms with Gasteiger partial charge in [-0.3, -0.25) is 4.79 Å². The molecule has 6 nitrogen and oxygen atoms in total. The minimum atomic E-state index is -1.23. The van der Waals surface area contributed by atoms with Crippen molar-refractivity contribution in [2.75, 3.05) is 0 Å². The van der Waals surface area contributed by atoms with E-state index in [0.717, 1.165) is 12.1 Å². The highest BCUT2D eigenvalue weighted by Crippen LogP contribution is 2.09. The van der Waals surface area contributed by atoms with Crippen LogP contribution in [-0.2, 0) is 11.2 Å². The molecule has 24 heavy (non-hydrogen) atoms. The molecular weight excluding hydrogens is 317 g/mol. The molecule has 0 aromatic heterocycles. The number of rotatable bonds is 6. The summed E-state index contributed by atoms with van der Waals surface area (Å²) >= 11 is 0. The monoisotopic (exact) mass is 331 g/mol. The first kappa shape index (κ1) is 17.1. The molecule has 0 saturated heterocycles. The smallest absolute Gasteiger partial charge is 0.335 e. The van der Waals surface area contributed by atoms with Gasteiger partial charge in [0.25, 0.3) is 5.91 Å². The van der Waals surface area contributed by atoms with Crippen LogP contribution in [0.15, 0.2) is 48.5 Å². The highest BCUT2D eigenvalue weighted by molar-refractivity contribution is 5.96. The standard InChI is InChI=1S/C17H14FNO5/c18-13-7-5-11(6-8-13)15(20)19-14(17(23)24)9-10-1-3-12(4-2-10)16(21)22/h1-8,14H,9H2,(H,19,20)(H,21,22)(H,23,24)/t14-/m0/s1. The Hall–Kier alpha value is -3.22. The van der Waals surface area contributed by atoms with Gasteiger partial charge in [-0.15, -0.1) is 0 Å². The van der Waals surface area contributed by atoms with Crippen molar-refractivity contribution in [1.29, 1.82) is 0 Å². The maximum atomic E-state index is 12.9. The van der Waals surface area contributed by atoms with Crippen LogP contribution in [-0.4, -0.2) is 34.1 Å². The minimum Gasteiger partial charge on any atom is -0.480 e. The van der Waals surface area contributed by atoms with Crippen molar-refractivity contribution in [2.45, 2.75) is 12.5 Å². The number of aromatic carboxylic acids is 1. The van der Waals surface area contributed by atoms with E-state index < -0.39 is 29.7 Å². The van der Waals surface area contributed by atoms with Gasteiger partial charge in [0.05, 0.1) is 5.56 Å². The molecule has 0 spiro atoms. The fourth-order valence-corrected chi connectivity index (χ4v) is 2.06. The van der Waals surface area contributed by atoms with E-state index in [1.54, 1.807) is 0 Å². The van der Waals surface area contributed by atoms with Gasteiger partial charge in [0.2, 0.25) is 0 Å². The van der Waals surface area contributed by atoms with Crippen LogP contribution in [0.2, 0.25) is 0 Å². The Morgan fingerprint density at radius 1 is 0.917 bits per heavy atom. The number of hydrogen-bond acceptors (Lipinski definition) is 3. The fraction of sp³-hybridized carbons (Fsp3) is 0.118. The Labute approximate surface area is 136 Å². The molecule has 1 atom stereocenters. The first-order chi connectivity index (χ1) is 11.4. The lowest BCUT2D eigenvalue weighted by molar-refractivity contribution is -0.139. The van der Waals surface area contributed by atoms with Crippen molar-refractivity contribution in [3.8, 4) is 0 Å². The second-order valence-electron chi connectivity index (χ2n) is 5.08. The summed E-state index contributed by atoms with van der Waals surface area (Å²) in [5, 5.41) is 20.4. The predicted molar refractivity (Wildman–Crippen MR) is 82.4 cm³/mol. The molecule has 124 valence electrons. The minimum absolute atomic E-state index is 0.0117. The van der Waals surface area contributed by atoms with Gasteiger partial charge in [-0.1, -0.05) is 12.1 Å². The van der Waals surface area contributed by atoms with Gasteiger partial charge in [0, 0.05) is 12.0 Å². The van der Waals surface area contributed by atoms with E-state index in [1.807, 2.05) is 0 Å². The zero-order valence-electron chi connectivity index (χ0n) is 12.4. The Kier molecular flexibility index (Phi) is 5.26. The van der Waals surface area contributed by atoms with Gasteiger partial charge in [0.1, 0.15) is 11.9 Å². The molecule has 0 aliphatic heterocycles. The maximum absolute atomic E-state index is 12.9. The average Bonchev–Trinajstić information content (AvgIpc) is 2.55. The molecule has 2 rings (SSSR count). The highest BCUT2D eigenvalue weighted by atomic mass is 19.1. The first-order valence-corrected chi connectivity index (χ1v) is 6.98. The summed E-state index contributed by atoms with van der Waals surface area (Å²) < 4.78 is 12.9. The summed E-state index contributed by atoms with van der Waals surface area (Å²) in [6, 6.07) is 9.23. The van der Waals surface area contributed by atoms with E-state index in [-0.39, 0.29) is 17.5 Å². The molecule has 7 heteroatoms. The molecule has 2 aromatic rings. The Balaban J connectivity index is 2.09. The first-order valence-electron chi connectivity index (χ1n) is 6.98. The molecule has 1 amide bonds. The molecular formula is C17H14FNO5. The third kappa shape index (κ3) is 4.39. The summed E-state index contributed by atoms with van der Waals surface area (Å²) in [7, 11) is 0. The Morgan fingerprint density at radius 2 is 1.46 bits per heavy atom. The van der Waals surface area contributed by atoms with Crippen molar-refractivity contribution in [2.24, 2.45) is 0 Å². The van der Waals surface area contributed by atoms with Crippen LogP contribution in [0.25, 0.3) is 0 Å². The third-order valence-electron chi connectivity index (χ3n) is 3.35. The van der Waals surface area contributed by atoms with E-state index in [2.05, 4.69) is 5.32 Å². The number of halogens is 1. The van der Waals surface area contributed by atoms with Crippen molar-refractivity contribution in [3.05, 3.63) is 71.0 Å². The van der Waals surface area contributed by atoms with E-state index in [1.165, 1.54) is 36.4 Å². The van der Waals surface area contributed by atoms with Gasteiger partial charge >= 0.3 is 11.9 Å². The summed E-state index contributed by atoms with van der Waals surface area (Å²) in [4.78, 5) is 34.2. The molecule has 0 radical (unpaired) electrons. The second kappa shape index (κ2) is 7.36. The summed E-state index contributed by atoms with van der Waals surface area (Å²) in [5.74, 6) is -3.45. The van der Waals surface area contributed by atoms with Crippen LogP contribution < -0.4 is 5.32 Å². The number of hydrogen-bond donors (Lipinski definition) is 3. The third-order valence-corrected chi connectivity index (χ3v) is 3.35. The number of nitrogens with one attached hydrogen (secondary N) is 1. The number of carbonyl (C=O) groups is 3. The summed E-state index contributed by atoms with van der Waals surface area (Å²) in [6.07, 6.45) is -0.0117. The summed E-state index contributed by atoms with van der Waals surface area (Å²) in [6.45, 7) is 0. The Morgan fingerprint density at radius 3 is 1.96 bits per heavy atom. The SMILES string of the molecule is O=C(O)c1ccc(C[C@H](NC(=O)c2ccc(F)cc2)C(=O)O)cc1. The van der Waals surface area contributed by atoms with Crippen LogP contribution in [0.3, 0.4) is 0 Å². The predicted octanol–water partition coefficient (Wildman–Crippen LogP) is 1.95. The number of carboxylic acid groups (broad SMARTS) is 2. The lowest BCUT2D eigenvalue weighted by atomic mass is 10.0. The molecule has 0 bridgehead atoms. The number of benzene rings is 2. The molecule has 0 fully saturated rings. The van der Waals surface area contributed by atoms with Crippen LogP contribution in [0.5, 0.6) is 0 Å². The molecule has 0 aliphatic carbocycles. The molecule has 0 saturated carbocycles. The van der Waals surface area contributed by atoms with E-state index in [9.17, 15) is 23.9 Å². The van der Waals surface area contributed by atoms with E-state index >= 15 is 0 Å². The topological polar surface area (TPSA) is 104 Å². The molecule has 0 aliphatic rings.